The lowest BCUT2D eigenvalue weighted by Gasteiger charge is -2.16. The number of benzene rings is 1. The van der Waals surface area contributed by atoms with Crippen LogP contribution in [0.15, 0.2) is 30.5 Å². The summed E-state index contributed by atoms with van der Waals surface area (Å²) in [6.07, 6.45) is -3.62. The smallest absolute Gasteiger partial charge is 0.493 e. The molecule has 0 amide bonds. The molecule has 2 rings (SSSR count). The van der Waals surface area contributed by atoms with Crippen LogP contribution in [0.5, 0.6) is 23.0 Å². The molecule has 0 saturated heterocycles. The van der Waals surface area contributed by atoms with Crippen LogP contribution in [0.3, 0.4) is 0 Å². The van der Waals surface area contributed by atoms with E-state index in [-0.39, 0.29) is 35.3 Å². The number of rotatable bonds is 7. The molecule has 0 saturated carbocycles. The number of hydrogen-bond acceptors (Lipinski definition) is 7. The van der Waals surface area contributed by atoms with Gasteiger partial charge in [0.2, 0.25) is 0 Å². The van der Waals surface area contributed by atoms with Crippen molar-refractivity contribution in [2.24, 2.45) is 0 Å². The highest BCUT2D eigenvalue weighted by Gasteiger charge is 2.31. The molecule has 0 aliphatic rings. The first-order valence-corrected chi connectivity index (χ1v) is 7.99. The Morgan fingerprint density at radius 2 is 1.89 bits per heavy atom. The molecule has 0 fully saturated rings. The summed E-state index contributed by atoms with van der Waals surface area (Å²) >= 11 is 0. The fourth-order valence-corrected chi connectivity index (χ4v) is 2.21. The first-order chi connectivity index (χ1) is 13.2. The van der Waals surface area contributed by atoms with Crippen molar-refractivity contribution >= 4 is 5.97 Å². The molecule has 0 bridgehead atoms. The van der Waals surface area contributed by atoms with Gasteiger partial charge in [-0.25, -0.2) is 4.79 Å². The van der Waals surface area contributed by atoms with Crippen molar-refractivity contribution in [3.05, 3.63) is 41.7 Å². The van der Waals surface area contributed by atoms with Crippen molar-refractivity contribution < 1.29 is 42.0 Å². The molecule has 10 heteroatoms. The van der Waals surface area contributed by atoms with Gasteiger partial charge in [0, 0.05) is 29.9 Å². The predicted molar refractivity (Wildman–Crippen MR) is 90.8 cm³/mol. The summed E-state index contributed by atoms with van der Waals surface area (Å²) in [4.78, 5) is 16.1. The number of ether oxygens (including phenoxy) is 4. The van der Waals surface area contributed by atoms with Gasteiger partial charge in [0.15, 0.2) is 11.5 Å². The average molecular weight is 401 g/mol. The van der Waals surface area contributed by atoms with Gasteiger partial charge in [0.05, 0.1) is 20.8 Å². The Balaban J connectivity index is 2.43. The second-order valence-corrected chi connectivity index (χ2v) is 5.64. The van der Waals surface area contributed by atoms with E-state index in [1.54, 1.807) is 6.92 Å². The number of carbonyl (C=O) groups is 1. The lowest BCUT2D eigenvalue weighted by atomic mass is 10.1. The van der Waals surface area contributed by atoms with E-state index < -0.39 is 18.1 Å². The summed E-state index contributed by atoms with van der Waals surface area (Å²) in [5.74, 6) is -1.52. The topological polar surface area (TPSA) is 87.1 Å². The quantitative estimate of drug-likeness (QED) is 0.709. The standard InChI is InChI=1S/C18H18F3NO6/c1-10(9-23)13-7-15(12(8-22-13)17(24)26-3)27-14-5-4-11(6-16(14)25-2)28-18(19,20)21/h4-8,10,23H,9H2,1-3H3. The molecule has 0 aliphatic heterocycles. The number of aliphatic hydroxyl groups is 1. The molecule has 1 atom stereocenters. The zero-order valence-electron chi connectivity index (χ0n) is 15.2. The summed E-state index contributed by atoms with van der Waals surface area (Å²) in [5.41, 5.74) is 0.440. The molecule has 152 valence electrons. The number of carbonyl (C=O) groups excluding carboxylic acids is 1. The average Bonchev–Trinajstić information content (AvgIpc) is 2.66. The van der Waals surface area contributed by atoms with Crippen LogP contribution in [0, 0.1) is 0 Å². The Hall–Kier alpha value is -3.01. The van der Waals surface area contributed by atoms with Crippen LogP contribution in [-0.2, 0) is 4.74 Å². The summed E-state index contributed by atoms with van der Waals surface area (Å²) in [6.45, 7) is 1.53. The molecule has 0 aliphatic carbocycles. The van der Waals surface area contributed by atoms with Gasteiger partial charge in [0.25, 0.3) is 0 Å². The minimum atomic E-state index is -4.86. The maximum Gasteiger partial charge on any atom is 0.573 e. The van der Waals surface area contributed by atoms with Crippen LogP contribution in [-0.4, -0.2) is 43.2 Å². The zero-order chi connectivity index (χ0) is 20.9. The lowest BCUT2D eigenvalue weighted by Crippen LogP contribution is -2.17. The molecule has 1 heterocycles. The number of pyridine rings is 1. The third-order valence-corrected chi connectivity index (χ3v) is 3.66. The fraction of sp³-hybridized carbons (Fsp3) is 0.333. The molecule has 1 unspecified atom stereocenters. The monoisotopic (exact) mass is 401 g/mol. The normalized spacial score (nSPS) is 12.2. The highest BCUT2D eigenvalue weighted by molar-refractivity contribution is 5.92. The van der Waals surface area contributed by atoms with Crippen LogP contribution < -0.4 is 14.2 Å². The highest BCUT2D eigenvalue weighted by Crippen LogP contribution is 2.37. The van der Waals surface area contributed by atoms with Gasteiger partial charge in [-0.05, 0) is 12.1 Å². The van der Waals surface area contributed by atoms with Crippen molar-refractivity contribution in [1.82, 2.24) is 4.98 Å². The van der Waals surface area contributed by atoms with Crippen LogP contribution in [0.2, 0.25) is 0 Å². The Morgan fingerprint density at radius 3 is 2.46 bits per heavy atom. The van der Waals surface area contributed by atoms with E-state index >= 15 is 0 Å². The van der Waals surface area contributed by atoms with Crippen LogP contribution in [0.4, 0.5) is 13.2 Å². The SMILES string of the molecule is COC(=O)c1cnc(C(C)CO)cc1Oc1ccc(OC(F)(F)F)cc1OC. The number of halogens is 3. The third kappa shape index (κ3) is 5.26. The van der Waals surface area contributed by atoms with E-state index in [9.17, 15) is 23.1 Å². The maximum atomic E-state index is 12.4. The van der Waals surface area contributed by atoms with Gasteiger partial charge in [-0.1, -0.05) is 6.92 Å². The molecule has 1 aromatic carbocycles. The molecular formula is C18H18F3NO6. The van der Waals surface area contributed by atoms with Gasteiger partial charge >= 0.3 is 12.3 Å². The molecule has 2 aromatic rings. The summed E-state index contributed by atoms with van der Waals surface area (Å²) in [7, 11) is 2.42. The number of nitrogens with zero attached hydrogens (tertiary/aromatic N) is 1. The van der Waals surface area contributed by atoms with Crippen molar-refractivity contribution in [3.63, 3.8) is 0 Å². The summed E-state index contributed by atoms with van der Waals surface area (Å²) < 4.78 is 56.4. The van der Waals surface area contributed by atoms with Crippen LogP contribution in [0.25, 0.3) is 0 Å². The Bertz CT molecular complexity index is 841. The Labute approximate surface area is 158 Å². The van der Waals surface area contributed by atoms with Crippen molar-refractivity contribution in [3.8, 4) is 23.0 Å². The number of aromatic nitrogens is 1. The van der Waals surface area contributed by atoms with Gasteiger partial charge in [-0.2, -0.15) is 0 Å². The second kappa shape index (κ2) is 8.79. The summed E-state index contributed by atoms with van der Waals surface area (Å²) in [6, 6.07) is 4.68. The lowest BCUT2D eigenvalue weighted by molar-refractivity contribution is -0.274. The number of hydrogen-bond donors (Lipinski definition) is 1. The van der Waals surface area contributed by atoms with E-state index in [2.05, 4.69) is 14.5 Å². The van der Waals surface area contributed by atoms with E-state index in [0.29, 0.717) is 5.69 Å². The number of esters is 1. The van der Waals surface area contributed by atoms with E-state index in [0.717, 1.165) is 12.1 Å². The third-order valence-electron chi connectivity index (χ3n) is 3.66. The highest BCUT2D eigenvalue weighted by atomic mass is 19.4. The van der Waals surface area contributed by atoms with E-state index in [1.165, 1.54) is 32.5 Å². The Kier molecular flexibility index (Phi) is 6.68. The van der Waals surface area contributed by atoms with E-state index in [1.807, 2.05) is 0 Å². The van der Waals surface area contributed by atoms with E-state index in [4.69, 9.17) is 9.47 Å². The minimum Gasteiger partial charge on any atom is -0.493 e. The van der Waals surface area contributed by atoms with Gasteiger partial charge in [-0.15, -0.1) is 13.2 Å². The largest absolute Gasteiger partial charge is 0.573 e. The number of aliphatic hydroxyl groups excluding tert-OH is 1. The van der Waals surface area contributed by atoms with Gasteiger partial charge in [-0.3, -0.25) is 4.98 Å². The molecule has 0 radical (unpaired) electrons. The molecule has 7 nitrogen and oxygen atoms in total. The number of methoxy groups -OCH3 is 2. The van der Waals surface area contributed by atoms with Crippen molar-refractivity contribution in [1.29, 1.82) is 0 Å². The van der Waals surface area contributed by atoms with Gasteiger partial charge in [0.1, 0.15) is 17.1 Å². The van der Waals surface area contributed by atoms with Gasteiger partial charge < -0.3 is 24.1 Å². The first-order valence-electron chi connectivity index (χ1n) is 7.99. The van der Waals surface area contributed by atoms with Crippen molar-refractivity contribution in [2.45, 2.75) is 19.2 Å². The first kappa shape index (κ1) is 21.3. The Morgan fingerprint density at radius 1 is 1.18 bits per heavy atom. The molecule has 28 heavy (non-hydrogen) atoms. The fourth-order valence-electron chi connectivity index (χ4n) is 2.21. The molecular weight excluding hydrogens is 383 g/mol. The molecule has 1 aromatic heterocycles. The second-order valence-electron chi connectivity index (χ2n) is 5.64. The number of alkyl halides is 3. The maximum absolute atomic E-state index is 12.4. The predicted octanol–water partition coefficient (Wildman–Crippen LogP) is 3.66. The molecule has 1 N–H and O–H groups in total. The zero-order valence-corrected chi connectivity index (χ0v) is 15.2. The van der Waals surface area contributed by atoms with Crippen molar-refractivity contribution in [2.75, 3.05) is 20.8 Å². The summed E-state index contributed by atoms with van der Waals surface area (Å²) in [5, 5.41) is 9.30. The van der Waals surface area contributed by atoms with Crippen LogP contribution >= 0.6 is 0 Å². The minimum absolute atomic E-state index is 0.00550. The molecule has 0 spiro atoms. The van der Waals surface area contributed by atoms with Crippen LogP contribution in [0.1, 0.15) is 28.9 Å².